The van der Waals surface area contributed by atoms with Gasteiger partial charge in [0.1, 0.15) is 5.82 Å². The highest BCUT2D eigenvalue weighted by Gasteiger charge is 2.26. The molecule has 0 bridgehead atoms. The molecule has 0 radical (unpaired) electrons. The van der Waals surface area contributed by atoms with Crippen LogP contribution in [-0.2, 0) is 0 Å². The van der Waals surface area contributed by atoms with Crippen molar-refractivity contribution in [3.63, 3.8) is 0 Å². The van der Waals surface area contributed by atoms with Crippen molar-refractivity contribution in [1.82, 2.24) is 20.1 Å². The topological polar surface area (TPSA) is 70.8 Å². The van der Waals surface area contributed by atoms with Gasteiger partial charge in [0.05, 0.1) is 0 Å². The van der Waals surface area contributed by atoms with Gasteiger partial charge in [0.15, 0.2) is 5.82 Å². The highest BCUT2D eigenvalue weighted by atomic mass is 15.2. The molecule has 1 aromatic carbocycles. The Morgan fingerprint density at radius 1 is 1.23 bits per heavy atom. The Balaban J connectivity index is 1.62. The highest BCUT2D eigenvalue weighted by Crippen LogP contribution is 2.27. The van der Waals surface area contributed by atoms with Crippen molar-refractivity contribution < 1.29 is 0 Å². The van der Waals surface area contributed by atoms with Crippen LogP contribution in [0.15, 0.2) is 30.3 Å². The second-order valence-corrected chi connectivity index (χ2v) is 6.95. The number of hydrogen-bond donors (Lipinski definition) is 2. The summed E-state index contributed by atoms with van der Waals surface area (Å²) in [7, 11) is 0. The van der Waals surface area contributed by atoms with Gasteiger partial charge in [-0.1, -0.05) is 30.3 Å². The van der Waals surface area contributed by atoms with Gasteiger partial charge in [0, 0.05) is 23.6 Å². The van der Waals surface area contributed by atoms with Crippen molar-refractivity contribution in [2.75, 3.05) is 19.6 Å². The number of benzene rings is 1. The normalized spacial score (nSPS) is 17.8. The molecule has 0 amide bonds. The van der Waals surface area contributed by atoms with Gasteiger partial charge in [-0.2, -0.15) is 5.10 Å². The van der Waals surface area contributed by atoms with Crippen molar-refractivity contribution in [3.05, 3.63) is 36.2 Å². The lowest BCUT2D eigenvalue weighted by atomic mass is 9.94. The first-order valence-corrected chi connectivity index (χ1v) is 8.00. The van der Waals surface area contributed by atoms with E-state index in [9.17, 15) is 0 Å². The van der Waals surface area contributed by atoms with Gasteiger partial charge in [0.25, 0.3) is 0 Å². The standard InChI is InChI=1S/C17H25N5/c1-17(2,18)12-22-10-8-14(9-11-22)16-19-15(20-21-16)13-6-4-3-5-7-13/h3-7,14H,8-12,18H2,1-2H3,(H,19,20,21). The van der Waals surface area contributed by atoms with E-state index in [1.165, 1.54) is 0 Å². The van der Waals surface area contributed by atoms with Gasteiger partial charge < -0.3 is 10.6 Å². The molecule has 5 heteroatoms. The number of rotatable bonds is 4. The summed E-state index contributed by atoms with van der Waals surface area (Å²) in [5.74, 6) is 2.29. The summed E-state index contributed by atoms with van der Waals surface area (Å²) >= 11 is 0. The Bertz CT molecular complexity index is 591. The molecule has 0 atom stereocenters. The Morgan fingerprint density at radius 2 is 1.91 bits per heavy atom. The van der Waals surface area contributed by atoms with E-state index in [-0.39, 0.29) is 5.54 Å². The van der Waals surface area contributed by atoms with Crippen LogP contribution in [-0.4, -0.2) is 45.3 Å². The van der Waals surface area contributed by atoms with Gasteiger partial charge >= 0.3 is 0 Å². The Labute approximate surface area is 131 Å². The molecule has 2 aromatic rings. The smallest absolute Gasteiger partial charge is 0.181 e. The van der Waals surface area contributed by atoms with E-state index in [0.29, 0.717) is 5.92 Å². The van der Waals surface area contributed by atoms with E-state index in [1.54, 1.807) is 0 Å². The second-order valence-electron chi connectivity index (χ2n) is 6.95. The third-order valence-electron chi connectivity index (χ3n) is 4.14. The number of nitrogens with zero attached hydrogens (tertiary/aromatic N) is 3. The minimum absolute atomic E-state index is 0.125. The van der Waals surface area contributed by atoms with Crippen LogP contribution in [0.2, 0.25) is 0 Å². The van der Waals surface area contributed by atoms with Gasteiger partial charge in [0.2, 0.25) is 0 Å². The molecule has 22 heavy (non-hydrogen) atoms. The minimum Gasteiger partial charge on any atom is -0.324 e. The monoisotopic (exact) mass is 299 g/mol. The highest BCUT2D eigenvalue weighted by molar-refractivity contribution is 5.53. The zero-order chi connectivity index (χ0) is 15.6. The second kappa shape index (κ2) is 6.18. The molecule has 118 valence electrons. The maximum absolute atomic E-state index is 6.11. The molecule has 5 nitrogen and oxygen atoms in total. The number of aromatic amines is 1. The zero-order valence-corrected chi connectivity index (χ0v) is 13.4. The maximum atomic E-state index is 6.11. The Kier molecular flexibility index (Phi) is 4.27. The van der Waals surface area contributed by atoms with Crippen molar-refractivity contribution in [2.45, 2.75) is 38.1 Å². The Morgan fingerprint density at radius 3 is 2.55 bits per heavy atom. The lowest BCUT2D eigenvalue weighted by molar-refractivity contribution is 0.177. The van der Waals surface area contributed by atoms with Crippen LogP contribution in [0.1, 0.15) is 38.4 Å². The molecular formula is C17H25N5. The van der Waals surface area contributed by atoms with E-state index < -0.39 is 0 Å². The van der Waals surface area contributed by atoms with E-state index in [0.717, 1.165) is 49.7 Å². The number of aromatic nitrogens is 3. The molecule has 3 N–H and O–H groups in total. The number of nitrogens with two attached hydrogens (primary N) is 1. The van der Waals surface area contributed by atoms with Gasteiger partial charge in [-0.3, -0.25) is 5.10 Å². The van der Waals surface area contributed by atoms with Crippen LogP contribution in [0.3, 0.4) is 0 Å². The van der Waals surface area contributed by atoms with Crippen molar-refractivity contribution in [2.24, 2.45) is 5.73 Å². The Hall–Kier alpha value is -1.72. The molecule has 0 spiro atoms. The summed E-state index contributed by atoms with van der Waals surface area (Å²) in [5.41, 5.74) is 7.05. The molecule has 3 rings (SSSR count). The number of H-pyrrole nitrogens is 1. The molecule has 1 aliphatic heterocycles. The first-order chi connectivity index (χ1) is 10.5. The number of nitrogens with one attached hydrogen (secondary N) is 1. The van der Waals surface area contributed by atoms with E-state index in [1.807, 2.05) is 30.3 Å². The quantitative estimate of drug-likeness (QED) is 0.909. The summed E-state index contributed by atoms with van der Waals surface area (Å²) in [6.07, 6.45) is 2.22. The number of piperidine rings is 1. The summed E-state index contributed by atoms with van der Waals surface area (Å²) in [5, 5.41) is 7.50. The van der Waals surface area contributed by atoms with Crippen LogP contribution < -0.4 is 5.73 Å². The summed E-state index contributed by atoms with van der Waals surface area (Å²) in [4.78, 5) is 7.14. The molecule has 1 fully saturated rings. The SMILES string of the molecule is CC(C)(N)CN1CCC(c2nc(-c3ccccc3)n[nH]2)CC1. The van der Waals surface area contributed by atoms with E-state index >= 15 is 0 Å². The first kappa shape index (κ1) is 15.2. The predicted octanol–water partition coefficient (Wildman–Crippen LogP) is 2.39. The lowest BCUT2D eigenvalue weighted by Crippen LogP contribution is -2.47. The average Bonchev–Trinajstić information content (AvgIpc) is 2.97. The molecule has 0 aliphatic carbocycles. The first-order valence-electron chi connectivity index (χ1n) is 8.00. The van der Waals surface area contributed by atoms with Crippen LogP contribution >= 0.6 is 0 Å². The molecule has 0 unspecified atom stereocenters. The molecule has 1 aliphatic rings. The van der Waals surface area contributed by atoms with Gasteiger partial charge in [-0.05, 0) is 39.8 Å². The maximum Gasteiger partial charge on any atom is 0.181 e. The fourth-order valence-corrected chi connectivity index (χ4v) is 3.11. The van der Waals surface area contributed by atoms with Crippen LogP contribution in [0.25, 0.3) is 11.4 Å². The fourth-order valence-electron chi connectivity index (χ4n) is 3.11. The van der Waals surface area contributed by atoms with Crippen molar-refractivity contribution in [3.8, 4) is 11.4 Å². The lowest BCUT2D eigenvalue weighted by Gasteiger charge is -2.35. The minimum atomic E-state index is -0.125. The van der Waals surface area contributed by atoms with Crippen LogP contribution in [0.4, 0.5) is 0 Å². The van der Waals surface area contributed by atoms with Gasteiger partial charge in [-0.25, -0.2) is 4.98 Å². The zero-order valence-electron chi connectivity index (χ0n) is 13.4. The molecule has 1 saturated heterocycles. The molecular weight excluding hydrogens is 274 g/mol. The van der Waals surface area contributed by atoms with E-state index in [2.05, 4.69) is 28.9 Å². The summed E-state index contributed by atoms with van der Waals surface area (Å²) in [6.45, 7) is 7.27. The number of likely N-dealkylation sites (tertiary alicyclic amines) is 1. The largest absolute Gasteiger partial charge is 0.324 e. The predicted molar refractivity (Wildman–Crippen MR) is 88.5 cm³/mol. The average molecular weight is 299 g/mol. The van der Waals surface area contributed by atoms with E-state index in [4.69, 9.17) is 10.7 Å². The summed E-state index contributed by atoms with van der Waals surface area (Å²) in [6, 6.07) is 10.1. The number of hydrogen-bond acceptors (Lipinski definition) is 4. The molecule has 2 heterocycles. The van der Waals surface area contributed by atoms with Crippen molar-refractivity contribution in [1.29, 1.82) is 0 Å². The fraction of sp³-hybridized carbons (Fsp3) is 0.529. The van der Waals surface area contributed by atoms with Gasteiger partial charge in [-0.15, -0.1) is 0 Å². The molecule has 1 aromatic heterocycles. The van der Waals surface area contributed by atoms with Crippen molar-refractivity contribution >= 4 is 0 Å². The third kappa shape index (κ3) is 3.72. The van der Waals surface area contributed by atoms with Crippen LogP contribution in [0.5, 0.6) is 0 Å². The van der Waals surface area contributed by atoms with Crippen LogP contribution in [0, 0.1) is 0 Å². The summed E-state index contributed by atoms with van der Waals surface area (Å²) < 4.78 is 0. The third-order valence-corrected chi connectivity index (χ3v) is 4.14. The molecule has 0 saturated carbocycles.